The van der Waals surface area contributed by atoms with Gasteiger partial charge in [0, 0.05) is 28.9 Å². The topological polar surface area (TPSA) is 56.7 Å². The normalized spacial score (nSPS) is 11.4. The van der Waals surface area contributed by atoms with Crippen LogP contribution in [0.15, 0.2) is 76.3 Å². The third kappa shape index (κ3) is 3.44. The minimum Gasteiger partial charge on any atom is -0.463 e. The minimum absolute atomic E-state index is 0.162. The van der Waals surface area contributed by atoms with Gasteiger partial charge in [0.25, 0.3) is 0 Å². The molecule has 0 aliphatic carbocycles. The van der Waals surface area contributed by atoms with E-state index in [4.69, 9.17) is 4.42 Å². The molecule has 0 aliphatic rings. The second-order valence-corrected chi connectivity index (χ2v) is 6.20. The number of hydrogen-bond acceptors (Lipinski definition) is 4. The summed E-state index contributed by atoms with van der Waals surface area (Å²) >= 11 is 0. The van der Waals surface area contributed by atoms with Crippen molar-refractivity contribution in [1.82, 2.24) is 4.57 Å². The van der Waals surface area contributed by atoms with E-state index < -0.39 is 5.97 Å². The number of carbonyl (C=O) groups excluding carboxylic acids is 1. The third-order valence-electron chi connectivity index (χ3n) is 4.39. The zero-order valence-electron chi connectivity index (χ0n) is 15.1. The molecular formula is C22H17FN2O3. The summed E-state index contributed by atoms with van der Waals surface area (Å²) in [5, 5.41) is 0.988. The smallest absolute Gasteiger partial charge is 0.373 e. The first-order chi connectivity index (χ1) is 13.7. The van der Waals surface area contributed by atoms with Gasteiger partial charge in [-0.2, -0.15) is 0 Å². The van der Waals surface area contributed by atoms with E-state index in [0.29, 0.717) is 12.3 Å². The molecule has 0 aliphatic heterocycles. The third-order valence-corrected chi connectivity index (χ3v) is 4.39. The van der Waals surface area contributed by atoms with Crippen LogP contribution in [0, 0.1) is 5.82 Å². The van der Waals surface area contributed by atoms with Crippen LogP contribution in [0.3, 0.4) is 0 Å². The molecule has 0 bridgehead atoms. The summed E-state index contributed by atoms with van der Waals surface area (Å²) in [6, 6.07) is 17.6. The Balaban J connectivity index is 1.68. The number of benzene rings is 2. The van der Waals surface area contributed by atoms with E-state index >= 15 is 0 Å². The molecule has 140 valence electrons. The molecule has 28 heavy (non-hydrogen) atoms. The van der Waals surface area contributed by atoms with Gasteiger partial charge in [-0.25, -0.2) is 9.18 Å². The number of para-hydroxylation sites is 2. The Kier molecular flexibility index (Phi) is 4.76. The Labute approximate surface area is 160 Å². The van der Waals surface area contributed by atoms with Crippen LogP contribution in [0.25, 0.3) is 10.9 Å². The van der Waals surface area contributed by atoms with Crippen molar-refractivity contribution in [2.45, 2.75) is 6.54 Å². The summed E-state index contributed by atoms with van der Waals surface area (Å²) in [5.41, 5.74) is 2.13. The van der Waals surface area contributed by atoms with Crippen molar-refractivity contribution in [3.63, 3.8) is 0 Å². The SMILES string of the molecule is COC(=O)c1ccc(Cn2cc(C=Nc3ccccc3F)c3ccccc32)o1. The predicted molar refractivity (Wildman–Crippen MR) is 105 cm³/mol. The molecule has 2 aromatic heterocycles. The number of aromatic nitrogens is 1. The molecule has 0 spiro atoms. The lowest BCUT2D eigenvalue weighted by Gasteiger charge is -2.02. The molecule has 0 N–H and O–H groups in total. The molecule has 0 unspecified atom stereocenters. The Hall–Kier alpha value is -3.67. The van der Waals surface area contributed by atoms with E-state index in [0.717, 1.165) is 16.5 Å². The Morgan fingerprint density at radius 1 is 1.14 bits per heavy atom. The number of carbonyl (C=O) groups is 1. The first kappa shape index (κ1) is 17.7. The molecule has 0 radical (unpaired) electrons. The van der Waals surface area contributed by atoms with E-state index in [1.165, 1.54) is 13.2 Å². The fourth-order valence-corrected chi connectivity index (χ4v) is 3.05. The number of esters is 1. The molecule has 4 rings (SSSR count). The molecule has 2 heterocycles. The maximum atomic E-state index is 13.8. The van der Waals surface area contributed by atoms with Crippen LogP contribution in [0.2, 0.25) is 0 Å². The molecule has 2 aromatic carbocycles. The van der Waals surface area contributed by atoms with Crippen LogP contribution in [-0.2, 0) is 11.3 Å². The summed E-state index contributed by atoms with van der Waals surface area (Å²) in [6.45, 7) is 0.436. The van der Waals surface area contributed by atoms with Crippen LogP contribution in [0.1, 0.15) is 21.9 Å². The van der Waals surface area contributed by atoms with Crippen LogP contribution in [-0.4, -0.2) is 23.9 Å². The van der Waals surface area contributed by atoms with Gasteiger partial charge in [-0.1, -0.05) is 30.3 Å². The summed E-state index contributed by atoms with van der Waals surface area (Å²) in [5.74, 6) is -0.0937. The first-order valence-corrected chi connectivity index (χ1v) is 8.69. The van der Waals surface area contributed by atoms with Crippen molar-refractivity contribution in [2.75, 3.05) is 7.11 Å². The van der Waals surface area contributed by atoms with Gasteiger partial charge < -0.3 is 13.7 Å². The lowest BCUT2D eigenvalue weighted by atomic mass is 10.2. The van der Waals surface area contributed by atoms with Crippen molar-refractivity contribution in [3.05, 3.63) is 89.8 Å². The van der Waals surface area contributed by atoms with Gasteiger partial charge >= 0.3 is 5.97 Å². The second-order valence-electron chi connectivity index (χ2n) is 6.20. The Bertz CT molecular complexity index is 1170. The molecule has 0 fully saturated rings. The molecule has 5 nitrogen and oxygen atoms in total. The minimum atomic E-state index is -0.513. The number of nitrogens with zero attached hydrogens (tertiary/aromatic N) is 2. The largest absolute Gasteiger partial charge is 0.463 e. The fraction of sp³-hybridized carbons (Fsp3) is 0.0909. The maximum Gasteiger partial charge on any atom is 0.373 e. The molecule has 0 saturated carbocycles. The Morgan fingerprint density at radius 3 is 2.75 bits per heavy atom. The highest BCUT2D eigenvalue weighted by Crippen LogP contribution is 2.23. The second kappa shape index (κ2) is 7.52. The predicted octanol–water partition coefficient (Wildman–Crippen LogP) is 4.96. The van der Waals surface area contributed by atoms with E-state index in [-0.39, 0.29) is 17.3 Å². The summed E-state index contributed by atoms with van der Waals surface area (Å²) in [6.07, 6.45) is 3.58. The maximum absolute atomic E-state index is 13.8. The zero-order chi connectivity index (χ0) is 19.5. The summed E-state index contributed by atoms with van der Waals surface area (Å²) < 4.78 is 26.1. The van der Waals surface area contributed by atoms with Crippen LogP contribution in [0.5, 0.6) is 0 Å². The lowest BCUT2D eigenvalue weighted by molar-refractivity contribution is 0.0563. The molecule has 0 saturated heterocycles. The highest BCUT2D eigenvalue weighted by Gasteiger charge is 2.13. The van der Waals surface area contributed by atoms with E-state index in [2.05, 4.69) is 9.73 Å². The van der Waals surface area contributed by atoms with Crippen molar-refractivity contribution in [1.29, 1.82) is 0 Å². The number of fused-ring (bicyclic) bond motifs is 1. The highest BCUT2D eigenvalue weighted by molar-refractivity contribution is 6.00. The van der Waals surface area contributed by atoms with Gasteiger partial charge in [0.2, 0.25) is 5.76 Å². The van der Waals surface area contributed by atoms with Crippen LogP contribution in [0.4, 0.5) is 10.1 Å². The van der Waals surface area contributed by atoms with E-state index in [1.54, 1.807) is 36.5 Å². The van der Waals surface area contributed by atoms with Gasteiger partial charge in [-0.3, -0.25) is 4.99 Å². The van der Waals surface area contributed by atoms with Crippen LogP contribution >= 0.6 is 0 Å². The monoisotopic (exact) mass is 376 g/mol. The van der Waals surface area contributed by atoms with Gasteiger partial charge in [0.15, 0.2) is 0 Å². The van der Waals surface area contributed by atoms with Crippen molar-refractivity contribution >= 4 is 28.8 Å². The van der Waals surface area contributed by atoms with E-state index in [9.17, 15) is 9.18 Å². The van der Waals surface area contributed by atoms with Gasteiger partial charge in [0.05, 0.1) is 19.3 Å². The highest BCUT2D eigenvalue weighted by atomic mass is 19.1. The van der Waals surface area contributed by atoms with Crippen LogP contribution < -0.4 is 0 Å². The van der Waals surface area contributed by atoms with Gasteiger partial charge in [0.1, 0.15) is 11.6 Å². The van der Waals surface area contributed by atoms with Crippen molar-refractivity contribution in [3.8, 4) is 0 Å². The van der Waals surface area contributed by atoms with Gasteiger partial charge in [-0.15, -0.1) is 0 Å². The zero-order valence-corrected chi connectivity index (χ0v) is 15.1. The first-order valence-electron chi connectivity index (χ1n) is 8.69. The summed E-state index contributed by atoms with van der Waals surface area (Å²) in [4.78, 5) is 15.9. The average Bonchev–Trinajstić information content (AvgIpc) is 3.32. The number of aliphatic imine (C=N–C) groups is 1. The fourth-order valence-electron chi connectivity index (χ4n) is 3.05. The molecular weight excluding hydrogens is 359 g/mol. The van der Waals surface area contributed by atoms with E-state index in [1.807, 2.05) is 35.0 Å². The lowest BCUT2D eigenvalue weighted by Crippen LogP contribution is -1.99. The molecule has 6 heteroatoms. The number of halogens is 1. The molecule has 0 atom stereocenters. The Morgan fingerprint density at radius 2 is 1.93 bits per heavy atom. The quantitative estimate of drug-likeness (QED) is 0.365. The number of furan rings is 1. The van der Waals surface area contributed by atoms with Crippen molar-refractivity contribution < 1.29 is 18.3 Å². The molecule has 4 aromatic rings. The number of rotatable bonds is 5. The number of hydrogen-bond donors (Lipinski definition) is 0. The number of ether oxygens (including phenoxy) is 1. The summed E-state index contributed by atoms with van der Waals surface area (Å²) in [7, 11) is 1.31. The van der Waals surface area contributed by atoms with Gasteiger partial charge in [-0.05, 0) is 30.3 Å². The number of methoxy groups -OCH3 is 1. The van der Waals surface area contributed by atoms with Crippen molar-refractivity contribution in [2.24, 2.45) is 4.99 Å². The standard InChI is InChI=1S/C22H17FN2O3/c1-27-22(26)21-11-10-16(28-21)14-25-13-15(17-6-2-5-9-20(17)25)12-24-19-8-4-3-7-18(19)23/h2-13H,14H2,1H3. The molecule has 0 amide bonds. The average molecular weight is 376 g/mol.